The third-order valence-electron chi connectivity index (χ3n) is 2.41. The Bertz CT molecular complexity index is 717. The van der Waals surface area contributed by atoms with Crippen molar-refractivity contribution in [3.05, 3.63) is 41.8 Å². The van der Waals surface area contributed by atoms with Crippen LogP contribution >= 0.6 is 0 Å². The minimum Gasteiger partial charge on any atom is -0.486 e. The molecule has 0 unspecified atom stereocenters. The van der Waals surface area contributed by atoms with Gasteiger partial charge in [-0.25, -0.2) is 13.2 Å². The van der Waals surface area contributed by atoms with Gasteiger partial charge in [0.05, 0.1) is 4.90 Å². The predicted octanol–water partition coefficient (Wildman–Crippen LogP) is 1.36. The highest BCUT2D eigenvalue weighted by atomic mass is 32.2. The van der Waals surface area contributed by atoms with E-state index in [9.17, 15) is 13.2 Å². The van der Waals surface area contributed by atoms with E-state index in [1.165, 1.54) is 30.3 Å². The summed E-state index contributed by atoms with van der Waals surface area (Å²) in [5, 5.41) is 12.0. The molecule has 0 atom stereocenters. The molecule has 106 valence electrons. The Kier molecular flexibility index (Phi) is 3.75. The highest BCUT2D eigenvalue weighted by Crippen LogP contribution is 2.17. The van der Waals surface area contributed by atoms with Crippen molar-refractivity contribution in [2.75, 3.05) is 6.26 Å². The second kappa shape index (κ2) is 5.33. The number of carboxylic acid groups (broad SMARTS) is 1. The van der Waals surface area contributed by atoms with Crippen molar-refractivity contribution in [3.63, 3.8) is 0 Å². The molecule has 8 heteroatoms. The van der Waals surface area contributed by atoms with E-state index in [4.69, 9.17) is 14.4 Å². The molecule has 1 aromatic carbocycles. The van der Waals surface area contributed by atoms with Crippen molar-refractivity contribution >= 4 is 15.8 Å². The van der Waals surface area contributed by atoms with Crippen LogP contribution in [0.3, 0.4) is 0 Å². The quantitative estimate of drug-likeness (QED) is 0.887. The summed E-state index contributed by atoms with van der Waals surface area (Å²) in [6.07, 6.45) is 1.12. The van der Waals surface area contributed by atoms with Crippen LogP contribution in [-0.2, 0) is 16.4 Å². The number of hydrogen-bond donors (Lipinski definition) is 1. The molecular weight excluding hydrogens is 286 g/mol. The second-order valence-electron chi connectivity index (χ2n) is 4.02. The lowest BCUT2D eigenvalue weighted by atomic mass is 10.3. The SMILES string of the molecule is CS(=O)(=O)c1ccc(OCc2cc(C(=O)O)no2)cc1. The summed E-state index contributed by atoms with van der Waals surface area (Å²) in [6.45, 7) is -0.00149. The Hall–Kier alpha value is -2.35. The summed E-state index contributed by atoms with van der Waals surface area (Å²) >= 11 is 0. The fourth-order valence-corrected chi connectivity index (χ4v) is 2.05. The molecule has 0 bridgehead atoms. The summed E-state index contributed by atoms with van der Waals surface area (Å²) in [4.78, 5) is 10.8. The first-order valence-corrected chi connectivity index (χ1v) is 7.37. The van der Waals surface area contributed by atoms with Crippen molar-refractivity contribution in [1.82, 2.24) is 5.16 Å². The summed E-state index contributed by atoms with van der Waals surface area (Å²) in [5.74, 6) is -0.488. The number of nitrogens with zero attached hydrogens (tertiary/aromatic N) is 1. The number of benzene rings is 1. The topological polar surface area (TPSA) is 107 Å². The van der Waals surface area contributed by atoms with Gasteiger partial charge in [0.25, 0.3) is 0 Å². The normalized spacial score (nSPS) is 11.2. The number of carboxylic acids is 1. The van der Waals surface area contributed by atoms with Crippen LogP contribution in [-0.4, -0.2) is 30.9 Å². The first-order chi connectivity index (χ1) is 9.36. The molecule has 7 nitrogen and oxygen atoms in total. The van der Waals surface area contributed by atoms with E-state index >= 15 is 0 Å². The van der Waals surface area contributed by atoms with Crippen LogP contribution in [0, 0.1) is 0 Å². The molecule has 0 radical (unpaired) electrons. The predicted molar refractivity (Wildman–Crippen MR) is 67.3 cm³/mol. The molecule has 0 saturated carbocycles. The Morgan fingerprint density at radius 2 is 2.00 bits per heavy atom. The molecular formula is C12H11NO6S. The summed E-state index contributed by atoms with van der Waals surface area (Å²) in [6, 6.07) is 7.12. The highest BCUT2D eigenvalue weighted by Gasteiger charge is 2.11. The minimum absolute atomic E-state index is 0.00149. The number of hydrogen-bond acceptors (Lipinski definition) is 6. The summed E-state index contributed by atoms with van der Waals surface area (Å²) in [5.41, 5.74) is -0.198. The average Bonchev–Trinajstić information content (AvgIpc) is 2.85. The maximum Gasteiger partial charge on any atom is 0.358 e. The van der Waals surface area contributed by atoms with Gasteiger partial charge in [-0.15, -0.1) is 0 Å². The molecule has 0 aliphatic heterocycles. The molecule has 0 amide bonds. The molecule has 0 saturated heterocycles. The van der Waals surface area contributed by atoms with Gasteiger partial charge < -0.3 is 14.4 Å². The number of aromatic carboxylic acids is 1. The molecule has 0 aliphatic carbocycles. The first kappa shape index (κ1) is 14.1. The molecule has 0 aliphatic rings. The van der Waals surface area contributed by atoms with Crippen LogP contribution in [0.1, 0.15) is 16.2 Å². The molecule has 20 heavy (non-hydrogen) atoms. The number of aromatic nitrogens is 1. The van der Waals surface area contributed by atoms with Crippen molar-refractivity contribution in [3.8, 4) is 5.75 Å². The van der Waals surface area contributed by atoms with Gasteiger partial charge in [0, 0.05) is 12.3 Å². The van der Waals surface area contributed by atoms with E-state index in [-0.39, 0.29) is 23.0 Å². The zero-order valence-corrected chi connectivity index (χ0v) is 11.3. The Morgan fingerprint density at radius 3 is 2.50 bits per heavy atom. The lowest BCUT2D eigenvalue weighted by molar-refractivity contribution is 0.0685. The molecule has 1 N–H and O–H groups in total. The van der Waals surface area contributed by atoms with E-state index in [2.05, 4.69) is 5.16 Å². The highest BCUT2D eigenvalue weighted by molar-refractivity contribution is 7.90. The van der Waals surface area contributed by atoms with E-state index in [0.717, 1.165) is 6.26 Å². The summed E-state index contributed by atoms with van der Waals surface area (Å²) < 4.78 is 32.6. The van der Waals surface area contributed by atoms with Gasteiger partial charge in [0.1, 0.15) is 12.4 Å². The van der Waals surface area contributed by atoms with Crippen molar-refractivity contribution in [2.24, 2.45) is 0 Å². The second-order valence-corrected chi connectivity index (χ2v) is 6.03. The Labute approximate surface area is 114 Å². The Morgan fingerprint density at radius 1 is 1.35 bits per heavy atom. The van der Waals surface area contributed by atoms with E-state index in [1.807, 2.05) is 0 Å². The smallest absolute Gasteiger partial charge is 0.358 e. The van der Waals surface area contributed by atoms with Crippen molar-refractivity contribution < 1.29 is 27.6 Å². The van der Waals surface area contributed by atoms with Gasteiger partial charge >= 0.3 is 5.97 Å². The molecule has 0 spiro atoms. The van der Waals surface area contributed by atoms with E-state index < -0.39 is 15.8 Å². The fraction of sp³-hybridized carbons (Fsp3) is 0.167. The van der Waals surface area contributed by atoms with Crippen LogP contribution < -0.4 is 4.74 Å². The number of rotatable bonds is 5. The third kappa shape index (κ3) is 3.35. The third-order valence-corrected chi connectivity index (χ3v) is 3.54. The van der Waals surface area contributed by atoms with E-state index in [1.54, 1.807) is 0 Å². The van der Waals surface area contributed by atoms with Crippen molar-refractivity contribution in [2.45, 2.75) is 11.5 Å². The number of ether oxygens (including phenoxy) is 1. The summed E-state index contributed by atoms with van der Waals surface area (Å²) in [7, 11) is -3.24. The van der Waals surface area contributed by atoms with Gasteiger partial charge in [-0.1, -0.05) is 5.16 Å². The lowest BCUT2D eigenvalue weighted by Gasteiger charge is -2.04. The molecule has 2 aromatic rings. The minimum atomic E-state index is -3.24. The number of carbonyl (C=O) groups is 1. The lowest BCUT2D eigenvalue weighted by Crippen LogP contribution is -1.98. The Balaban J connectivity index is 2.02. The van der Waals surface area contributed by atoms with Crippen LogP contribution in [0.15, 0.2) is 39.8 Å². The molecule has 0 fully saturated rings. The molecule has 1 aromatic heterocycles. The molecule has 1 heterocycles. The van der Waals surface area contributed by atoms with Gasteiger partial charge in [-0.05, 0) is 24.3 Å². The van der Waals surface area contributed by atoms with Gasteiger partial charge in [-0.2, -0.15) is 0 Å². The zero-order chi connectivity index (χ0) is 14.8. The van der Waals surface area contributed by atoms with Gasteiger partial charge in [0.2, 0.25) is 0 Å². The maximum absolute atomic E-state index is 11.3. The fourth-order valence-electron chi connectivity index (χ4n) is 1.42. The maximum atomic E-state index is 11.3. The monoisotopic (exact) mass is 297 g/mol. The van der Waals surface area contributed by atoms with Gasteiger partial charge in [0.15, 0.2) is 21.3 Å². The zero-order valence-electron chi connectivity index (χ0n) is 10.4. The van der Waals surface area contributed by atoms with Crippen LogP contribution in [0.5, 0.6) is 5.75 Å². The van der Waals surface area contributed by atoms with Crippen LogP contribution in [0.25, 0.3) is 0 Å². The standard InChI is InChI=1S/C12H11NO6S/c1-20(16,17)10-4-2-8(3-5-10)18-7-9-6-11(12(14)15)13-19-9/h2-6H,7H2,1H3,(H,14,15). The van der Waals surface area contributed by atoms with Gasteiger partial charge in [-0.3, -0.25) is 0 Å². The largest absolute Gasteiger partial charge is 0.486 e. The van der Waals surface area contributed by atoms with E-state index in [0.29, 0.717) is 5.75 Å². The van der Waals surface area contributed by atoms with Crippen LogP contribution in [0.4, 0.5) is 0 Å². The molecule has 2 rings (SSSR count). The van der Waals surface area contributed by atoms with Crippen molar-refractivity contribution in [1.29, 1.82) is 0 Å². The number of sulfone groups is 1. The average molecular weight is 297 g/mol. The van der Waals surface area contributed by atoms with Crippen LogP contribution in [0.2, 0.25) is 0 Å². The first-order valence-electron chi connectivity index (χ1n) is 5.48.